The first-order valence-corrected chi connectivity index (χ1v) is 9.16. The van der Waals surface area contributed by atoms with Crippen molar-refractivity contribution in [1.82, 2.24) is 10.2 Å². The van der Waals surface area contributed by atoms with Gasteiger partial charge in [-0.2, -0.15) is 0 Å². The Bertz CT molecular complexity index is 794. The van der Waals surface area contributed by atoms with Crippen molar-refractivity contribution in [3.05, 3.63) is 60.2 Å². The number of amides is 2. The minimum atomic E-state index is -0.252. The molecule has 0 spiro atoms. The molecule has 6 nitrogen and oxygen atoms in total. The molecule has 0 radical (unpaired) electrons. The highest BCUT2D eigenvalue weighted by atomic mass is 16.5. The SMILES string of the molecule is CCN1C[C@H](CN(C)C(=O)CNC(=O)c2ccccc2)Oc2ccccc21. The average molecular weight is 367 g/mol. The third-order valence-electron chi connectivity index (χ3n) is 4.64. The number of hydrogen-bond donors (Lipinski definition) is 1. The second-order valence-corrected chi connectivity index (χ2v) is 6.57. The highest BCUT2D eigenvalue weighted by Gasteiger charge is 2.26. The molecule has 142 valence electrons. The molecule has 0 aliphatic carbocycles. The van der Waals surface area contributed by atoms with Crippen LogP contribution in [0.25, 0.3) is 0 Å². The summed E-state index contributed by atoms with van der Waals surface area (Å²) >= 11 is 0. The molecule has 1 N–H and O–H groups in total. The third-order valence-corrected chi connectivity index (χ3v) is 4.64. The monoisotopic (exact) mass is 367 g/mol. The molecule has 1 atom stereocenters. The number of likely N-dealkylation sites (N-methyl/N-ethyl adjacent to an activating group) is 2. The highest BCUT2D eigenvalue weighted by Crippen LogP contribution is 2.32. The molecule has 0 bridgehead atoms. The normalized spacial score (nSPS) is 15.5. The fourth-order valence-corrected chi connectivity index (χ4v) is 3.16. The highest BCUT2D eigenvalue weighted by molar-refractivity contribution is 5.96. The van der Waals surface area contributed by atoms with Gasteiger partial charge in [0.15, 0.2) is 0 Å². The van der Waals surface area contributed by atoms with Gasteiger partial charge in [0, 0.05) is 19.2 Å². The fraction of sp³-hybridized carbons (Fsp3) is 0.333. The topological polar surface area (TPSA) is 61.9 Å². The zero-order chi connectivity index (χ0) is 19.2. The molecule has 3 rings (SSSR count). The molecule has 0 saturated heterocycles. The van der Waals surface area contributed by atoms with E-state index in [1.54, 1.807) is 36.2 Å². The van der Waals surface area contributed by atoms with Crippen molar-refractivity contribution in [3.63, 3.8) is 0 Å². The molecule has 1 aliphatic heterocycles. The Labute approximate surface area is 159 Å². The average Bonchev–Trinajstić information content (AvgIpc) is 2.71. The van der Waals surface area contributed by atoms with Crippen molar-refractivity contribution in [2.45, 2.75) is 13.0 Å². The largest absolute Gasteiger partial charge is 0.485 e. The number of fused-ring (bicyclic) bond motifs is 1. The Kier molecular flexibility index (Phi) is 5.96. The predicted octanol–water partition coefficient (Wildman–Crippen LogP) is 2.16. The lowest BCUT2D eigenvalue weighted by Crippen LogP contribution is -2.48. The van der Waals surface area contributed by atoms with Crippen LogP contribution in [0.2, 0.25) is 0 Å². The summed E-state index contributed by atoms with van der Waals surface area (Å²) in [4.78, 5) is 28.3. The summed E-state index contributed by atoms with van der Waals surface area (Å²) in [5.41, 5.74) is 1.62. The zero-order valence-corrected chi connectivity index (χ0v) is 15.7. The number of anilines is 1. The molecule has 0 aromatic heterocycles. The van der Waals surface area contributed by atoms with E-state index in [0.717, 1.165) is 24.5 Å². The first-order chi connectivity index (χ1) is 13.1. The maximum Gasteiger partial charge on any atom is 0.251 e. The van der Waals surface area contributed by atoms with Crippen LogP contribution in [-0.4, -0.2) is 56.0 Å². The lowest BCUT2D eigenvalue weighted by atomic mass is 10.2. The summed E-state index contributed by atoms with van der Waals surface area (Å²) in [6, 6.07) is 16.8. The van der Waals surface area contributed by atoms with Gasteiger partial charge in [0.2, 0.25) is 5.91 Å². The Hall–Kier alpha value is -3.02. The molecule has 0 unspecified atom stereocenters. The third kappa shape index (κ3) is 4.58. The van der Waals surface area contributed by atoms with Crippen molar-refractivity contribution in [1.29, 1.82) is 0 Å². The Morgan fingerprint density at radius 1 is 1.15 bits per heavy atom. The minimum Gasteiger partial charge on any atom is -0.485 e. The van der Waals surface area contributed by atoms with Crippen LogP contribution in [0.15, 0.2) is 54.6 Å². The number of carbonyl (C=O) groups is 2. The fourth-order valence-electron chi connectivity index (χ4n) is 3.16. The van der Waals surface area contributed by atoms with Crippen LogP contribution in [0.3, 0.4) is 0 Å². The number of carbonyl (C=O) groups excluding carboxylic acids is 2. The standard InChI is InChI=1S/C21H25N3O3/c1-3-24-15-17(27-19-12-8-7-11-18(19)24)14-23(2)20(25)13-22-21(26)16-9-5-4-6-10-16/h4-12,17H,3,13-15H2,1-2H3,(H,22,26)/t17-/m0/s1. The Morgan fingerprint density at radius 2 is 1.85 bits per heavy atom. The van der Waals surface area contributed by atoms with E-state index in [1.165, 1.54) is 0 Å². The van der Waals surface area contributed by atoms with Gasteiger partial charge in [0.25, 0.3) is 5.91 Å². The molecule has 2 aromatic rings. The number of nitrogens with one attached hydrogen (secondary N) is 1. The van der Waals surface area contributed by atoms with Crippen molar-refractivity contribution >= 4 is 17.5 Å². The quantitative estimate of drug-likeness (QED) is 0.850. The lowest BCUT2D eigenvalue weighted by Gasteiger charge is -2.37. The summed E-state index contributed by atoms with van der Waals surface area (Å²) in [5, 5.41) is 2.67. The number of hydrogen-bond acceptors (Lipinski definition) is 4. The van der Waals surface area contributed by atoms with Gasteiger partial charge in [-0.05, 0) is 31.2 Å². The molecule has 0 saturated carbocycles. The van der Waals surface area contributed by atoms with E-state index in [2.05, 4.69) is 17.1 Å². The summed E-state index contributed by atoms with van der Waals surface area (Å²) in [6.45, 7) is 4.13. The molecule has 2 aromatic carbocycles. The van der Waals surface area contributed by atoms with E-state index in [4.69, 9.17) is 4.74 Å². The summed E-state index contributed by atoms with van der Waals surface area (Å²) in [7, 11) is 1.73. The smallest absolute Gasteiger partial charge is 0.251 e. The predicted molar refractivity (Wildman–Crippen MR) is 105 cm³/mol. The Morgan fingerprint density at radius 3 is 2.59 bits per heavy atom. The molecule has 1 heterocycles. The van der Waals surface area contributed by atoms with Crippen LogP contribution in [0.4, 0.5) is 5.69 Å². The van der Waals surface area contributed by atoms with E-state index in [9.17, 15) is 9.59 Å². The summed E-state index contributed by atoms with van der Waals surface area (Å²) < 4.78 is 6.06. The zero-order valence-electron chi connectivity index (χ0n) is 15.7. The van der Waals surface area contributed by atoms with Crippen LogP contribution >= 0.6 is 0 Å². The van der Waals surface area contributed by atoms with Gasteiger partial charge in [-0.3, -0.25) is 9.59 Å². The van der Waals surface area contributed by atoms with Gasteiger partial charge in [0.1, 0.15) is 11.9 Å². The van der Waals surface area contributed by atoms with Crippen molar-refractivity contribution in [2.24, 2.45) is 0 Å². The van der Waals surface area contributed by atoms with Crippen molar-refractivity contribution < 1.29 is 14.3 Å². The van der Waals surface area contributed by atoms with E-state index in [1.807, 2.05) is 30.3 Å². The molecule has 1 aliphatic rings. The van der Waals surface area contributed by atoms with Gasteiger partial charge >= 0.3 is 0 Å². The number of nitrogens with zero attached hydrogens (tertiary/aromatic N) is 2. The van der Waals surface area contributed by atoms with Crippen molar-refractivity contribution in [3.8, 4) is 5.75 Å². The second kappa shape index (κ2) is 8.58. The maximum atomic E-state index is 12.4. The van der Waals surface area contributed by atoms with Crippen LogP contribution in [0, 0.1) is 0 Å². The molecule has 0 fully saturated rings. The summed E-state index contributed by atoms with van der Waals surface area (Å²) in [5.74, 6) is 0.441. The number of ether oxygens (including phenoxy) is 1. The van der Waals surface area contributed by atoms with Crippen LogP contribution in [0.1, 0.15) is 17.3 Å². The second-order valence-electron chi connectivity index (χ2n) is 6.57. The van der Waals surface area contributed by atoms with Gasteiger partial charge in [0.05, 0.1) is 25.3 Å². The lowest BCUT2D eigenvalue weighted by molar-refractivity contribution is -0.129. The van der Waals surface area contributed by atoms with Gasteiger partial charge in [-0.1, -0.05) is 30.3 Å². The van der Waals surface area contributed by atoms with Crippen LogP contribution in [-0.2, 0) is 4.79 Å². The molecule has 2 amide bonds. The number of para-hydroxylation sites is 2. The van der Waals surface area contributed by atoms with Gasteiger partial charge in [-0.15, -0.1) is 0 Å². The molecular weight excluding hydrogens is 342 g/mol. The minimum absolute atomic E-state index is 0.0367. The van der Waals surface area contributed by atoms with E-state index in [0.29, 0.717) is 12.1 Å². The molecular formula is C21H25N3O3. The first kappa shape index (κ1) is 18.8. The summed E-state index contributed by atoms with van der Waals surface area (Å²) in [6.07, 6.45) is -0.112. The van der Waals surface area contributed by atoms with Gasteiger partial charge in [-0.25, -0.2) is 0 Å². The van der Waals surface area contributed by atoms with Crippen molar-refractivity contribution in [2.75, 3.05) is 38.1 Å². The van der Waals surface area contributed by atoms with Gasteiger partial charge < -0.3 is 19.9 Å². The molecule has 27 heavy (non-hydrogen) atoms. The van der Waals surface area contributed by atoms with Crippen LogP contribution in [0.5, 0.6) is 5.75 Å². The van der Waals surface area contributed by atoms with Crippen LogP contribution < -0.4 is 15.0 Å². The van der Waals surface area contributed by atoms with E-state index < -0.39 is 0 Å². The maximum absolute atomic E-state index is 12.4. The molecule has 6 heteroatoms. The first-order valence-electron chi connectivity index (χ1n) is 9.16. The number of rotatable bonds is 6. The van der Waals surface area contributed by atoms with E-state index >= 15 is 0 Å². The van der Waals surface area contributed by atoms with E-state index in [-0.39, 0.29) is 24.5 Å². The Balaban J connectivity index is 1.53. The number of benzene rings is 2.